The fourth-order valence-electron chi connectivity index (χ4n) is 1.61. The summed E-state index contributed by atoms with van der Waals surface area (Å²) in [6.07, 6.45) is 12.4. The van der Waals surface area contributed by atoms with Crippen molar-refractivity contribution < 1.29 is 0 Å². The van der Waals surface area contributed by atoms with Crippen molar-refractivity contribution in [3.8, 4) is 0 Å². The fraction of sp³-hybridized carbons (Fsp3) is 0.818. The predicted octanol–water partition coefficient (Wildman–Crippen LogP) is 3.10. The van der Waals surface area contributed by atoms with Crippen LogP contribution in [-0.2, 0) is 6.42 Å². The van der Waals surface area contributed by atoms with Gasteiger partial charge < -0.3 is 0 Å². The van der Waals surface area contributed by atoms with E-state index in [9.17, 15) is 0 Å². The van der Waals surface area contributed by atoms with E-state index in [1.807, 2.05) is 6.20 Å². The maximum absolute atomic E-state index is 3.96. The van der Waals surface area contributed by atoms with Crippen molar-refractivity contribution in [3.63, 3.8) is 0 Å². The highest BCUT2D eigenvalue weighted by atomic mass is 15.3. The second-order valence-corrected chi connectivity index (χ2v) is 3.84. The molecule has 0 spiro atoms. The van der Waals surface area contributed by atoms with Gasteiger partial charge in [0.2, 0.25) is 0 Å². The molecular formula is C11H21N3. The minimum absolute atomic E-state index is 1.07. The highest BCUT2D eigenvalue weighted by molar-refractivity contribution is 4.89. The highest BCUT2D eigenvalue weighted by Crippen LogP contribution is 2.08. The third-order valence-electron chi connectivity index (χ3n) is 2.50. The number of nitrogens with zero attached hydrogens (tertiary/aromatic N) is 2. The zero-order chi connectivity index (χ0) is 10.1. The molecule has 0 bridgehead atoms. The first-order valence-corrected chi connectivity index (χ1v) is 5.79. The van der Waals surface area contributed by atoms with Crippen LogP contribution in [-0.4, -0.2) is 15.4 Å². The first kappa shape index (κ1) is 11.2. The number of rotatable bonds is 8. The fourth-order valence-corrected chi connectivity index (χ4v) is 1.61. The molecule has 0 atom stereocenters. The first-order chi connectivity index (χ1) is 6.93. The Bertz CT molecular complexity index is 206. The molecule has 0 fully saturated rings. The van der Waals surface area contributed by atoms with Gasteiger partial charge >= 0.3 is 0 Å². The van der Waals surface area contributed by atoms with E-state index in [0.29, 0.717) is 0 Å². The minimum Gasteiger partial charge on any atom is -0.265 e. The lowest BCUT2D eigenvalue weighted by molar-refractivity contribution is 0.587. The number of hydrogen-bond donors (Lipinski definition) is 1. The van der Waals surface area contributed by atoms with Crippen molar-refractivity contribution in [3.05, 3.63) is 11.9 Å². The Balaban J connectivity index is 1.85. The summed E-state index contributed by atoms with van der Waals surface area (Å²) in [4.78, 5) is 0. The zero-order valence-electron chi connectivity index (χ0n) is 9.13. The lowest BCUT2D eigenvalue weighted by atomic mass is 10.1. The molecule has 1 heterocycles. The monoisotopic (exact) mass is 195 g/mol. The molecule has 0 radical (unpaired) electrons. The van der Waals surface area contributed by atoms with E-state index in [0.717, 1.165) is 12.1 Å². The summed E-state index contributed by atoms with van der Waals surface area (Å²) in [6, 6.07) is 0. The van der Waals surface area contributed by atoms with Gasteiger partial charge in [0.25, 0.3) is 0 Å². The molecule has 0 unspecified atom stereocenters. The van der Waals surface area contributed by atoms with E-state index >= 15 is 0 Å². The van der Waals surface area contributed by atoms with Gasteiger partial charge in [-0.3, -0.25) is 5.10 Å². The van der Waals surface area contributed by atoms with Crippen molar-refractivity contribution in [2.24, 2.45) is 0 Å². The van der Waals surface area contributed by atoms with Crippen molar-refractivity contribution in [2.45, 2.75) is 58.3 Å². The van der Waals surface area contributed by atoms with Gasteiger partial charge in [-0.1, -0.05) is 50.7 Å². The number of aromatic amines is 1. The molecule has 14 heavy (non-hydrogen) atoms. The SMILES string of the molecule is CCCCCCCCCc1c[nH]nn1. The van der Waals surface area contributed by atoms with Crippen LogP contribution in [0.1, 0.15) is 57.6 Å². The summed E-state index contributed by atoms with van der Waals surface area (Å²) in [5.41, 5.74) is 1.10. The Morgan fingerprint density at radius 3 is 2.43 bits per heavy atom. The van der Waals surface area contributed by atoms with Crippen LogP contribution < -0.4 is 0 Å². The third kappa shape index (κ3) is 5.00. The molecule has 3 heteroatoms. The van der Waals surface area contributed by atoms with Crippen LogP contribution in [0, 0.1) is 0 Å². The number of aromatic nitrogens is 3. The van der Waals surface area contributed by atoms with Gasteiger partial charge in [0, 0.05) is 6.20 Å². The number of unbranched alkanes of at least 4 members (excludes halogenated alkanes) is 6. The van der Waals surface area contributed by atoms with Gasteiger partial charge in [0.05, 0.1) is 5.69 Å². The summed E-state index contributed by atoms with van der Waals surface area (Å²) >= 11 is 0. The molecule has 0 saturated carbocycles. The normalized spacial score (nSPS) is 10.6. The minimum atomic E-state index is 1.07. The molecule has 1 rings (SSSR count). The van der Waals surface area contributed by atoms with Crippen molar-refractivity contribution >= 4 is 0 Å². The average Bonchev–Trinajstić information content (AvgIpc) is 2.69. The molecule has 1 N–H and O–H groups in total. The van der Waals surface area contributed by atoms with Crippen LogP contribution in [0.5, 0.6) is 0 Å². The van der Waals surface area contributed by atoms with Crippen LogP contribution >= 0.6 is 0 Å². The van der Waals surface area contributed by atoms with Gasteiger partial charge in [0.1, 0.15) is 0 Å². The third-order valence-corrected chi connectivity index (χ3v) is 2.50. The van der Waals surface area contributed by atoms with Gasteiger partial charge in [-0.2, -0.15) is 0 Å². The smallest absolute Gasteiger partial charge is 0.0824 e. The molecule has 0 saturated heterocycles. The van der Waals surface area contributed by atoms with Crippen LogP contribution in [0.15, 0.2) is 6.20 Å². The van der Waals surface area contributed by atoms with E-state index in [4.69, 9.17) is 0 Å². The van der Waals surface area contributed by atoms with E-state index in [1.54, 1.807) is 0 Å². The number of aryl methyl sites for hydroxylation is 1. The molecule has 0 aliphatic carbocycles. The topological polar surface area (TPSA) is 41.6 Å². The predicted molar refractivity (Wildman–Crippen MR) is 58.1 cm³/mol. The average molecular weight is 195 g/mol. The quantitative estimate of drug-likeness (QED) is 0.648. The molecule has 80 valence electrons. The zero-order valence-corrected chi connectivity index (χ0v) is 9.13. The molecule has 0 amide bonds. The molecule has 0 aliphatic rings. The Hall–Kier alpha value is -0.860. The number of H-pyrrole nitrogens is 1. The standard InChI is InChI=1S/C11H21N3/c1-2-3-4-5-6-7-8-9-11-10-12-14-13-11/h10H,2-9H2,1H3,(H,12,13,14). The van der Waals surface area contributed by atoms with E-state index in [1.165, 1.54) is 44.9 Å². The lowest BCUT2D eigenvalue weighted by Crippen LogP contribution is -1.86. The van der Waals surface area contributed by atoms with E-state index in [2.05, 4.69) is 22.3 Å². The Labute approximate surface area is 86.3 Å². The van der Waals surface area contributed by atoms with Crippen molar-refractivity contribution in [1.82, 2.24) is 15.4 Å². The van der Waals surface area contributed by atoms with Gasteiger partial charge in [-0.15, -0.1) is 5.10 Å². The summed E-state index contributed by atoms with van der Waals surface area (Å²) in [5.74, 6) is 0. The summed E-state index contributed by atoms with van der Waals surface area (Å²) in [7, 11) is 0. The van der Waals surface area contributed by atoms with E-state index in [-0.39, 0.29) is 0 Å². The van der Waals surface area contributed by atoms with Crippen molar-refractivity contribution in [2.75, 3.05) is 0 Å². The molecule has 1 aromatic rings. The second kappa shape index (κ2) is 7.54. The van der Waals surface area contributed by atoms with Crippen LogP contribution in [0.4, 0.5) is 0 Å². The molecule has 0 aromatic carbocycles. The lowest BCUT2D eigenvalue weighted by Gasteiger charge is -1.99. The maximum atomic E-state index is 3.96. The Morgan fingerprint density at radius 2 is 1.79 bits per heavy atom. The largest absolute Gasteiger partial charge is 0.265 e. The van der Waals surface area contributed by atoms with Crippen LogP contribution in [0.2, 0.25) is 0 Å². The summed E-state index contributed by atoms with van der Waals surface area (Å²) < 4.78 is 0. The second-order valence-electron chi connectivity index (χ2n) is 3.84. The highest BCUT2D eigenvalue weighted by Gasteiger charge is 1.95. The van der Waals surface area contributed by atoms with Crippen LogP contribution in [0.25, 0.3) is 0 Å². The first-order valence-electron chi connectivity index (χ1n) is 5.79. The molecule has 1 aromatic heterocycles. The molecule has 3 nitrogen and oxygen atoms in total. The van der Waals surface area contributed by atoms with Gasteiger partial charge in [-0.25, -0.2) is 0 Å². The Kier molecular flexibility index (Phi) is 6.04. The van der Waals surface area contributed by atoms with Gasteiger partial charge in [-0.05, 0) is 12.8 Å². The molecular weight excluding hydrogens is 174 g/mol. The summed E-state index contributed by atoms with van der Waals surface area (Å²) in [5, 5.41) is 10.4. The number of nitrogens with one attached hydrogen (secondary N) is 1. The Morgan fingerprint density at radius 1 is 1.07 bits per heavy atom. The van der Waals surface area contributed by atoms with Crippen LogP contribution in [0.3, 0.4) is 0 Å². The van der Waals surface area contributed by atoms with Crippen molar-refractivity contribution in [1.29, 1.82) is 0 Å². The number of hydrogen-bond acceptors (Lipinski definition) is 2. The van der Waals surface area contributed by atoms with Gasteiger partial charge in [0.15, 0.2) is 0 Å². The maximum Gasteiger partial charge on any atom is 0.0824 e. The molecule has 0 aliphatic heterocycles. The van der Waals surface area contributed by atoms with E-state index < -0.39 is 0 Å². The summed E-state index contributed by atoms with van der Waals surface area (Å²) in [6.45, 7) is 2.25.